The number of carbonyl (C=O) groups excluding carboxylic acids is 2. The fraction of sp³-hybridized carbons (Fsp3) is 0.231. The maximum Gasteiger partial charge on any atom is 0.270 e. The Bertz CT molecular complexity index is 2940. The van der Waals surface area contributed by atoms with E-state index in [4.69, 9.17) is 22.6 Å². The van der Waals surface area contributed by atoms with Crippen molar-refractivity contribution >= 4 is 57.5 Å². The highest BCUT2D eigenvalue weighted by molar-refractivity contribution is 7.17. The number of ether oxygens (including phenoxy) is 2. The molecule has 6 aliphatic rings. The minimum Gasteiger partial charge on any atom is -0.482 e. The number of nitriles is 2. The summed E-state index contributed by atoms with van der Waals surface area (Å²) >= 11 is 3.19. The van der Waals surface area contributed by atoms with E-state index in [-0.39, 0.29) is 23.0 Å². The molecule has 0 amide bonds. The van der Waals surface area contributed by atoms with Gasteiger partial charge in [-0.25, -0.2) is 20.2 Å². The second-order valence-corrected chi connectivity index (χ2v) is 18.9. The number of ketones is 2. The van der Waals surface area contributed by atoms with Crippen LogP contribution in [0.15, 0.2) is 95.3 Å². The zero-order valence-corrected chi connectivity index (χ0v) is 35.0. The third-order valence-electron chi connectivity index (χ3n) is 13.4. The summed E-state index contributed by atoms with van der Waals surface area (Å²) in [5.41, 5.74) is 6.38. The second kappa shape index (κ2) is 14.3. The molecule has 0 saturated heterocycles. The highest BCUT2D eigenvalue weighted by Gasteiger charge is 2.47. The molecular weight excluding hydrogens is 809 g/mol. The maximum absolute atomic E-state index is 13.9. The first-order chi connectivity index (χ1) is 30.3. The van der Waals surface area contributed by atoms with E-state index >= 15 is 0 Å². The van der Waals surface area contributed by atoms with Crippen LogP contribution in [0.2, 0.25) is 0 Å². The summed E-state index contributed by atoms with van der Waals surface area (Å²) in [5.74, 6) is 1.15. The predicted octanol–water partition coefficient (Wildman–Crippen LogP) is 13.1. The molecule has 2 saturated carbocycles. The van der Waals surface area contributed by atoms with E-state index in [1.807, 2.05) is 36.4 Å². The zero-order valence-electron chi connectivity index (χ0n) is 33.4. The predicted molar refractivity (Wildman–Crippen MR) is 240 cm³/mol. The molecule has 0 unspecified atom stereocenters. The van der Waals surface area contributed by atoms with Crippen LogP contribution in [0.25, 0.3) is 53.9 Å². The quantitative estimate of drug-likeness (QED) is 0.0994. The molecule has 0 bridgehead atoms. The lowest BCUT2D eigenvalue weighted by Gasteiger charge is -2.44. The van der Waals surface area contributed by atoms with Crippen molar-refractivity contribution in [1.82, 2.24) is 0 Å². The van der Waals surface area contributed by atoms with Crippen LogP contribution in [0.3, 0.4) is 0 Å². The molecule has 4 aliphatic carbocycles. The van der Waals surface area contributed by atoms with Gasteiger partial charge in [0.15, 0.2) is 11.6 Å². The Kier molecular flexibility index (Phi) is 8.71. The van der Waals surface area contributed by atoms with Crippen LogP contribution in [0.1, 0.15) is 117 Å². The molecule has 2 aliphatic heterocycles. The van der Waals surface area contributed by atoms with E-state index < -0.39 is 11.2 Å². The number of allylic oxidation sites excluding steroid dienone is 6. The molecule has 2 spiro atoms. The number of nitrogens with zero attached hydrogens (tertiary/aromatic N) is 4. The van der Waals surface area contributed by atoms with Crippen LogP contribution < -0.4 is 9.47 Å². The fourth-order valence-corrected chi connectivity index (χ4v) is 13.0. The fourth-order valence-electron chi connectivity index (χ4n) is 10.6. The van der Waals surface area contributed by atoms with E-state index in [9.17, 15) is 20.1 Å². The van der Waals surface area contributed by atoms with Gasteiger partial charge in [-0.3, -0.25) is 9.59 Å². The Morgan fingerprint density at radius 1 is 0.581 bits per heavy atom. The molecule has 5 aromatic rings. The Morgan fingerprint density at radius 2 is 0.968 bits per heavy atom. The molecule has 2 fully saturated rings. The number of hydrogen-bond donors (Lipinski definition) is 0. The molecule has 10 heteroatoms. The molecule has 8 nitrogen and oxygen atoms in total. The molecule has 62 heavy (non-hydrogen) atoms. The molecule has 0 radical (unpaired) electrons. The Hall–Kier alpha value is -7.08. The summed E-state index contributed by atoms with van der Waals surface area (Å²) in [7, 11) is 0. The molecule has 2 aromatic heterocycles. The van der Waals surface area contributed by atoms with Crippen LogP contribution in [-0.4, -0.2) is 11.6 Å². The topological polar surface area (TPSA) is 109 Å². The maximum atomic E-state index is 13.9. The first-order valence-corrected chi connectivity index (χ1v) is 22.5. The van der Waals surface area contributed by atoms with Gasteiger partial charge in [-0.1, -0.05) is 61.4 Å². The highest BCUT2D eigenvalue weighted by Crippen LogP contribution is 2.61. The van der Waals surface area contributed by atoms with Gasteiger partial charge in [0, 0.05) is 75.2 Å². The van der Waals surface area contributed by atoms with Crippen molar-refractivity contribution in [3.63, 3.8) is 0 Å². The molecular formula is C52H34N4O4S2. The molecule has 0 N–H and O–H groups in total. The van der Waals surface area contributed by atoms with E-state index in [1.165, 1.54) is 0 Å². The van der Waals surface area contributed by atoms with Crippen LogP contribution in [0.5, 0.6) is 11.5 Å². The first-order valence-electron chi connectivity index (χ1n) is 20.9. The number of Topliss-reactive ketones (excluding diaryl/α,β-unsaturated/α-hetero) is 2. The number of hydrogen-bond acceptors (Lipinski definition) is 8. The minimum atomic E-state index is -0.562. The van der Waals surface area contributed by atoms with Crippen LogP contribution in [0, 0.1) is 35.8 Å². The summed E-state index contributed by atoms with van der Waals surface area (Å²) in [6.45, 7) is 15.6. The lowest BCUT2D eigenvalue weighted by Crippen LogP contribution is -2.38. The second-order valence-electron chi connectivity index (χ2n) is 16.7. The van der Waals surface area contributed by atoms with Crippen molar-refractivity contribution < 1.29 is 19.1 Å². The number of rotatable bonds is 2. The summed E-state index contributed by atoms with van der Waals surface area (Å²) in [5, 5.41) is 20.0. The van der Waals surface area contributed by atoms with Crippen molar-refractivity contribution in [3.8, 4) is 44.5 Å². The summed E-state index contributed by atoms with van der Waals surface area (Å²) < 4.78 is 14.5. The smallest absolute Gasteiger partial charge is 0.270 e. The van der Waals surface area contributed by atoms with Gasteiger partial charge in [0.2, 0.25) is 0 Å². The van der Waals surface area contributed by atoms with Gasteiger partial charge in [-0.2, -0.15) is 0 Å². The Labute approximate surface area is 366 Å². The largest absolute Gasteiger partial charge is 0.482 e. The summed E-state index contributed by atoms with van der Waals surface area (Å²) in [4.78, 5) is 38.8. The van der Waals surface area contributed by atoms with Gasteiger partial charge in [0.25, 0.3) is 11.4 Å². The van der Waals surface area contributed by atoms with Crippen molar-refractivity contribution in [3.05, 3.63) is 161 Å². The minimum absolute atomic E-state index is 0.104. The van der Waals surface area contributed by atoms with Gasteiger partial charge < -0.3 is 9.47 Å². The number of benzene rings is 3. The van der Waals surface area contributed by atoms with E-state index in [2.05, 4.69) is 34.0 Å². The third-order valence-corrected chi connectivity index (χ3v) is 15.6. The molecule has 3 aromatic carbocycles. The summed E-state index contributed by atoms with van der Waals surface area (Å²) in [6.07, 6.45) is 13.4. The lowest BCUT2D eigenvalue weighted by molar-refractivity contribution is 0.0203. The lowest BCUT2D eigenvalue weighted by atomic mass is 9.76. The zero-order chi connectivity index (χ0) is 42.3. The van der Waals surface area contributed by atoms with Gasteiger partial charge >= 0.3 is 0 Å². The molecule has 298 valence electrons. The average molecular weight is 843 g/mol. The standard InChI is InChI=1S/C52H34N4O4S2/c1-55-41(27-53)45-31-13-5-7-15-33(31)47(57)37(45)21-29-23-39-49(61-29)35-25-44-36(26-43(35)59-51(39)17-9-3-10-18-51)50-40(52(60-44)19-11-4-12-20-52)24-30(62-50)22-38-46(42(28-54)56-2)32-14-6-8-16-34(32)48(38)58/h5-8,13-16,21-26H,3-4,9-12,17-20H2/b37-21-,38-22-,45-41-,46-42+. The Balaban J connectivity index is 1.07. The van der Waals surface area contributed by atoms with Crippen LogP contribution >= 0.6 is 22.7 Å². The van der Waals surface area contributed by atoms with Gasteiger partial charge in [0.1, 0.15) is 22.7 Å². The summed E-state index contributed by atoms with van der Waals surface area (Å²) in [6, 6.07) is 27.0. The van der Waals surface area contributed by atoms with Gasteiger partial charge in [0.05, 0.1) is 25.3 Å². The van der Waals surface area contributed by atoms with Gasteiger partial charge in [-0.05, 0) is 98.9 Å². The Morgan fingerprint density at radius 3 is 1.34 bits per heavy atom. The van der Waals surface area contributed by atoms with Gasteiger partial charge in [-0.15, -0.1) is 22.7 Å². The highest BCUT2D eigenvalue weighted by atomic mass is 32.1. The van der Waals surface area contributed by atoms with Crippen molar-refractivity contribution in [2.75, 3.05) is 0 Å². The van der Waals surface area contributed by atoms with Crippen molar-refractivity contribution in [2.45, 2.75) is 75.4 Å². The van der Waals surface area contributed by atoms with E-state index in [1.54, 1.807) is 59.1 Å². The van der Waals surface area contributed by atoms with Crippen molar-refractivity contribution in [2.24, 2.45) is 0 Å². The average Bonchev–Trinajstić information content (AvgIpc) is 4.07. The number of thiophene rings is 2. The van der Waals surface area contributed by atoms with Crippen molar-refractivity contribution in [1.29, 1.82) is 10.5 Å². The van der Waals surface area contributed by atoms with E-state index in [0.29, 0.717) is 44.5 Å². The normalized spacial score (nSPS) is 21.2. The van der Waals surface area contributed by atoms with Crippen LogP contribution in [0.4, 0.5) is 0 Å². The van der Waals surface area contributed by atoms with E-state index in [0.717, 1.165) is 117 Å². The van der Waals surface area contributed by atoms with Crippen LogP contribution in [-0.2, 0) is 11.2 Å². The number of carbonyl (C=O) groups is 2. The molecule has 11 rings (SSSR count). The third kappa shape index (κ3) is 5.51. The first kappa shape index (κ1) is 37.9. The monoisotopic (exact) mass is 842 g/mol. The molecule has 4 heterocycles. The SMILES string of the molecule is [C-]#[N+]/C(C#N)=C1\C(=C\c2cc3c(s2)-c2cc4c(cc2OC32CCCCC2)-c2sc(/C=C3\C(=O)c5ccccc5\C3=C(\C#N)[N+]#[C-])cc2C2(CCCCC2)O4)C(=O)c2ccccc21. The molecule has 0 atom stereocenters. The number of fused-ring (bicyclic) bond motifs is 10.